The number of hydrogen-bond donors (Lipinski definition) is 1. The molecule has 138 valence electrons. The minimum absolute atomic E-state index is 0.109. The van der Waals surface area contributed by atoms with E-state index < -0.39 is 11.4 Å². The third kappa shape index (κ3) is 2.81. The fourth-order valence-electron chi connectivity index (χ4n) is 5.07. The van der Waals surface area contributed by atoms with Gasteiger partial charge in [-0.05, 0) is 68.2 Å². The number of benzene rings is 2. The van der Waals surface area contributed by atoms with Crippen molar-refractivity contribution in [1.82, 2.24) is 9.80 Å². The third-order valence-corrected chi connectivity index (χ3v) is 6.69. The van der Waals surface area contributed by atoms with Gasteiger partial charge in [-0.15, -0.1) is 0 Å². The van der Waals surface area contributed by atoms with Gasteiger partial charge in [-0.25, -0.2) is 0 Å². The number of aryl methyl sites for hydroxylation is 1. The fraction of sp³-hybridized carbons (Fsp3) is 0.500. The van der Waals surface area contributed by atoms with Crippen molar-refractivity contribution in [2.24, 2.45) is 5.41 Å². The molecule has 0 radical (unpaired) electrons. The summed E-state index contributed by atoms with van der Waals surface area (Å²) in [5.74, 6) is -0.602. The van der Waals surface area contributed by atoms with Crippen LogP contribution in [0.1, 0.15) is 30.4 Å². The van der Waals surface area contributed by atoms with Gasteiger partial charge in [0.25, 0.3) is 0 Å². The van der Waals surface area contributed by atoms with Crippen molar-refractivity contribution in [3.8, 4) is 0 Å². The topological polar surface area (TPSA) is 43.8 Å². The van der Waals surface area contributed by atoms with Gasteiger partial charge < -0.3 is 10.0 Å². The predicted octanol–water partition coefficient (Wildman–Crippen LogP) is 3.52. The van der Waals surface area contributed by atoms with Crippen LogP contribution in [0.5, 0.6) is 0 Å². The Morgan fingerprint density at radius 2 is 2.00 bits per heavy atom. The second-order valence-corrected chi connectivity index (χ2v) is 8.13. The lowest BCUT2D eigenvalue weighted by Gasteiger charge is -2.52. The summed E-state index contributed by atoms with van der Waals surface area (Å²) in [5, 5.41) is 12.6. The molecule has 26 heavy (non-hydrogen) atoms. The van der Waals surface area contributed by atoms with Crippen molar-refractivity contribution < 1.29 is 9.90 Å². The van der Waals surface area contributed by atoms with E-state index in [-0.39, 0.29) is 6.04 Å². The van der Waals surface area contributed by atoms with Gasteiger partial charge in [0, 0.05) is 19.1 Å². The average molecular weight is 352 g/mol. The molecule has 0 aromatic heterocycles. The van der Waals surface area contributed by atoms with Crippen molar-refractivity contribution in [1.29, 1.82) is 0 Å². The zero-order chi connectivity index (χ0) is 18.3. The standard InChI is InChI=1S/C22H28N2O2/c1-16-8-9-17-6-3-4-7-18(17)19(16)14-24-13-11-22(21(25)26)10-5-12-23(2)20(22)15-24/h3-4,6-9,20H,5,10-15H2,1-2H3,(H,25,26)/t20-,22+/m1/s1. The second-order valence-electron chi connectivity index (χ2n) is 8.13. The number of carbonyl (C=O) groups is 1. The highest BCUT2D eigenvalue weighted by Crippen LogP contribution is 2.42. The molecule has 0 aliphatic carbocycles. The molecule has 4 heteroatoms. The Kier molecular flexibility index (Phi) is 4.49. The van der Waals surface area contributed by atoms with E-state index in [0.717, 1.165) is 45.4 Å². The Bertz CT molecular complexity index is 834. The molecule has 1 N–H and O–H groups in total. The minimum atomic E-state index is -0.602. The molecule has 2 atom stereocenters. The summed E-state index contributed by atoms with van der Waals surface area (Å²) in [4.78, 5) is 16.8. The maximum atomic E-state index is 12.1. The monoisotopic (exact) mass is 352 g/mol. The first-order valence-corrected chi connectivity index (χ1v) is 9.64. The van der Waals surface area contributed by atoms with E-state index in [2.05, 4.69) is 60.2 Å². The fourth-order valence-corrected chi connectivity index (χ4v) is 5.07. The van der Waals surface area contributed by atoms with E-state index >= 15 is 0 Å². The Hall–Kier alpha value is -1.91. The van der Waals surface area contributed by atoms with E-state index in [1.165, 1.54) is 21.9 Å². The van der Waals surface area contributed by atoms with Crippen LogP contribution in [0, 0.1) is 12.3 Å². The molecular formula is C22H28N2O2. The van der Waals surface area contributed by atoms with Crippen molar-refractivity contribution in [3.05, 3.63) is 47.5 Å². The number of piperidine rings is 2. The molecule has 2 aliphatic rings. The Morgan fingerprint density at radius 1 is 1.19 bits per heavy atom. The smallest absolute Gasteiger partial charge is 0.311 e. The van der Waals surface area contributed by atoms with Crippen LogP contribution in [0.15, 0.2) is 36.4 Å². The average Bonchev–Trinajstić information content (AvgIpc) is 2.64. The summed E-state index contributed by atoms with van der Waals surface area (Å²) in [7, 11) is 2.09. The molecule has 2 aromatic carbocycles. The van der Waals surface area contributed by atoms with Crippen LogP contribution < -0.4 is 0 Å². The highest BCUT2D eigenvalue weighted by atomic mass is 16.4. The summed E-state index contributed by atoms with van der Waals surface area (Å²) in [5.41, 5.74) is 2.14. The van der Waals surface area contributed by atoms with E-state index in [1.807, 2.05) is 0 Å². The first-order chi connectivity index (χ1) is 12.5. The molecule has 2 fully saturated rings. The number of likely N-dealkylation sites (N-methyl/N-ethyl adjacent to an activating group) is 1. The Labute approximate surface area is 155 Å². The normalized spacial score (nSPS) is 27.4. The molecule has 0 bridgehead atoms. The van der Waals surface area contributed by atoms with Crippen LogP contribution in [0.3, 0.4) is 0 Å². The minimum Gasteiger partial charge on any atom is -0.481 e. The SMILES string of the molecule is Cc1ccc2ccccc2c1CN1CC[C@@]2(C(=O)O)CCCN(C)[C@@H]2C1. The highest BCUT2D eigenvalue weighted by Gasteiger charge is 2.52. The van der Waals surface area contributed by atoms with Crippen molar-refractivity contribution >= 4 is 16.7 Å². The van der Waals surface area contributed by atoms with Crippen LogP contribution in [-0.2, 0) is 11.3 Å². The largest absolute Gasteiger partial charge is 0.481 e. The van der Waals surface area contributed by atoms with E-state index in [1.54, 1.807) is 0 Å². The van der Waals surface area contributed by atoms with E-state index in [4.69, 9.17) is 0 Å². The number of aliphatic carboxylic acids is 1. The molecule has 0 spiro atoms. The number of fused-ring (bicyclic) bond motifs is 2. The number of rotatable bonds is 3. The molecular weight excluding hydrogens is 324 g/mol. The van der Waals surface area contributed by atoms with Gasteiger partial charge in [-0.1, -0.05) is 36.4 Å². The van der Waals surface area contributed by atoms with Crippen LogP contribution >= 0.6 is 0 Å². The van der Waals surface area contributed by atoms with E-state index in [0.29, 0.717) is 0 Å². The molecule has 4 nitrogen and oxygen atoms in total. The van der Waals surface area contributed by atoms with Crippen LogP contribution in [-0.4, -0.2) is 53.6 Å². The lowest BCUT2D eigenvalue weighted by Crippen LogP contribution is -2.62. The molecule has 2 heterocycles. The summed E-state index contributed by atoms with van der Waals surface area (Å²) in [6.45, 7) is 5.78. The number of carboxylic acids is 1. The Morgan fingerprint density at radius 3 is 2.81 bits per heavy atom. The van der Waals surface area contributed by atoms with Gasteiger partial charge in [0.2, 0.25) is 0 Å². The summed E-state index contributed by atoms with van der Waals surface area (Å²) in [6, 6.07) is 13.1. The van der Waals surface area contributed by atoms with Gasteiger partial charge >= 0.3 is 5.97 Å². The van der Waals surface area contributed by atoms with E-state index in [9.17, 15) is 9.90 Å². The number of likely N-dealkylation sites (tertiary alicyclic amines) is 2. The van der Waals surface area contributed by atoms with Gasteiger partial charge in [0.15, 0.2) is 0 Å². The number of carboxylic acid groups (broad SMARTS) is 1. The Balaban J connectivity index is 1.62. The molecule has 0 unspecified atom stereocenters. The van der Waals surface area contributed by atoms with Crippen LogP contribution in [0.4, 0.5) is 0 Å². The zero-order valence-corrected chi connectivity index (χ0v) is 15.7. The summed E-state index contributed by atoms with van der Waals surface area (Å²) >= 11 is 0. The maximum Gasteiger partial charge on any atom is 0.311 e. The second kappa shape index (κ2) is 6.67. The molecule has 0 saturated carbocycles. The lowest BCUT2D eigenvalue weighted by molar-refractivity contribution is -0.162. The first kappa shape index (κ1) is 17.5. The van der Waals surface area contributed by atoms with Gasteiger partial charge in [0.1, 0.15) is 0 Å². The maximum absolute atomic E-state index is 12.1. The number of nitrogens with zero attached hydrogens (tertiary/aromatic N) is 2. The van der Waals surface area contributed by atoms with Gasteiger partial charge in [-0.3, -0.25) is 9.69 Å². The molecule has 4 rings (SSSR count). The van der Waals surface area contributed by atoms with Crippen molar-refractivity contribution in [2.45, 2.75) is 38.8 Å². The van der Waals surface area contributed by atoms with Crippen LogP contribution in [0.2, 0.25) is 0 Å². The van der Waals surface area contributed by atoms with Crippen molar-refractivity contribution in [2.75, 3.05) is 26.7 Å². The lowest BCUT2D eigenvalue weighted by atomic mass is 9.68. The summed E-state index contributed by atoms with van der Waals surface area (Å²) < 4.78 is 0. The number of hydrogen-bond acceptors (Lipinski definition) is 3. The molecule has 0 amide bonds. The van der Waals surface area contributed by atoms with Gasteiger partial charge in [0.05, 0.1) is 5.41 Å². The zero-order valence-electron chi connectivity index (χ0n) is 15.7. The predicted molar refractivity (Wildman–Crippen MR) is 104 cm³/mol. The van der Waals surface area contributed by atoms with Crippen molar-refractivity contribution in [3.63, 3.8) is 0 Å². The molecule has 2 aromatic rings. The molecule has 2 aliphatic heterocycles. The quantitative estimate of drug-likeness (QED) is 0.918. The third-order valence-electron chi connectivity index (χ3n) is 6.69. The van der Waals surface area contributed by atoms with Crippen LogP contribution in [0.25, 0.3) is 10.8 Å². The first-order valence-electron chi connectivity index (χ1n) is 9.64. The van der Waals surface area contributed by atoms with Gasteiger partial charge in [-0.2, -0.15) is 0 Å². The summed E-state index contributed by atoms with van der Waals surface area (Å²) in [6.07, 6.45) is 2.56. The molecule has 2 saturated heterocycles. The highest BCUT2D eigenvalue weighted by molar-refractivity contribution is 5.86.